The van der Waals surface area contributed by atoms with Crippen LogP contribution in [0.3, 0.4) is 0 Å². The standard InChI is InChI=1S/C8H9NO4S/c1-2-5-14(12,13)6-3-4-9-7(6)8(10)11/h2-4,9H,1,5H2,(H,10,11). The summed E-state index contributed by atoms with van der Waals surface area (Å²) in [6.07, 6.45) is 2.49. The van der Waals surface area contributed by atoms with E-state index in [-0.39, 0.29) is 16.3 Å². The number of carboxylic acid groups (broad SMARTS) is 1. The molecule has 14 heavy (non-hydrogen) atoms. The zero-order chi connectivity index (χ0) is 10.8. The first-order chi connectivity index (χ1) is 6.49. The number of aromatic amines is 1. The molecule has 0 saturated carbocycles. The van der Waals surface area contributed by atoms with E-state index in [0.717, 1.165) is 0 Å². The van der Waals surface area contributed by atoms with Crippen LogP contribution in [0.5, 0.6) is 0 Å². The van der Waals surface area contributed by atoms with E-state index in [0.29, 0.717) is 0 Å². The molecule has 1 aromatic heterocycles. The Hall–Kier alpha value is -1.56. The van der Waals surface area contributed by atoms with Crippen LogP contribution in [0.15, 0.2) is 29.8 Å². The minimum Gasteiger partial charge on any atom is -0.477 e. The lowest BCUT2D eigenvalue weighted by Gasteiger charge is -1.99. The minimum atomic E-state index is -3.57. The van der Waals surface area contributed by atoms with Crippen LogP contribution in [0, 0.1) is 0 Å². The average Bonchev–Trinajstić information content (AvgIpc) is 2.51. The Balaban J connectivity index is 3.26. The number of aromatic carboxylic acids is 1. The van der Waals surface area contributed by atoms with Crippen molar-refractivity contribution in [2.75, 3.05) is 5.75 Å². The lowest BCUT2D eigenvalue weighted by atomic mass is 10.4. The molecule has 2 N–H and O–H groups in total. The quantitative estimate of drug-likeness (QED) is 0.723. The molecular weight excluding hydrogens is 206 g/mol. The second-order valence-corrected chi connectivity index (χ2v) is 4.59. The topological polar surface area (TPSA) is 87.2 Å². The van der Waals surface area contributed by atoms with E-state index in [1.807, 2.05) is 0 Å². The minimum absolute atomic E-state index is 0.204. The van der Waals surface area contributed by atoms with Gasteiger partial charge in [0.15, 0.2) is 9.84 Å². The van der Waals surface area contributed by atoms with Crippen LogP contribution >= 0.6 is 0 Å². The number of aromatic nitrogens is 1. The summed E-state index contributed by atoms with van der Waals surface area (Å²) >= 11 is 0. The molecule has 0 saturated heterocycles. The zero-order valence-electron chi connectivity index (χ0n) is 7.23. The first-order valence-corrected chi connectivity index (χ1v) is 5.38. The van der Waals surface area contributed by atoms with Crippen LogP contribution in [0.4, 0.5) is 0 Å². The van der Waals surface area contributed by atoms with E-state index in [9.17, 15) is 13.2 Å². The molecule has 0 aromatic carbocycles. The molecule has 0 atom stereocenters. The van der Waals surface area contributed by atoms with Crippen LogP contribution in [-0.2, 0) is 9.84 Å². The van der Waals surface area contributed by atoms with Crippen LogP contribution in [0.1, 0.15) is 10.5 Å². The van der Waals surface area contributed by atoms with Gasteiger partial charge in [-0.1, -0.05) is 6.08 Å². The molecule has 0 aliphatic heterocycles. The summed E-state index contributed by atoms with van der Waals surface area (Å²) in [5, 5.41) is 8.66. The number of carbonyl (C=O) groups is 1. The highest BCUT2D eigenvalue weighted by Crippen LogP contribution is 2.15. The number of hydrogen-bond donors (Lipinski definition) is 2. The third kappa shape index (κ3) is 1.85. The molecule has 0 radical (unpaired) electrons. The molecule has 0 aliphatic carbocycles. The van der Waals surface area contributed by atoms with Gasteiger partial charge in [-0.2, -0.15) is 0 Å². The summed E-state index contributed by atoms with van der Waals surface area (Å²) in [5.74, 6) is -1.57. The van der Waals surface area contributed by atoms with Gasteiger partial charge < -0.3 is 10.1 Å². The Kier molecular flexibility index (Phi) is 2.76. The largest absolute Gasteiger partial charge is 0.477 e. The van der Waals surface area contributed by atoms with Gasteiger partial charge >= 0.3 is 5.97 Å². The molecule has 5 nitrogen and oxygen atoms in total. The molecule has 6 heteroatoms. The monoisotopic (exact) mass is 215 g/mol. The Morgan fingerprint density at radius 3 is 2.79 bits per heavy atom. The number of rotatable bonds is 4. The summed E-state index contributed by atoms with van der Waals surface area (Å²) in [4.78, 5) is 12.8. The second kappa shape index (κ2) is 3.67. The maximum Gasteiger partial charge on any atom is 0.353 e. The van der Waals surface area contributed by atoms with Gasteiger partial charge in [-0.05, 0) is 6.07 Å². The lowest BCUT2D eigenvalue weighted by molar-refractivity contribution is 0.0687. The van der Waals surface area contributed by atoms with Gasteiger partial charge in [0.25, 0.3) is 0 Å². The summed E-state index contributed by atoms with van der Waals surface area (Å²) in [5.41, 5.74) is -0.313. The van der Waals surface area contributed by atoms with Gasteiger partial charge in [-0.15, -0.1) is 6.58 Å². The molecular formula is C8H9NO4S. The van der Waals surface area contributed by atoms with E-state index in [1.165, 1.54) is 18.3 Å². The van der Waals surface area contributed by atoms with Crippen molar-refractivity contribution in [2.45, 2.75) is 4.90 Å². The van der Waals surface area contributed by atoms with Crippen LogP contribution < -0.4 is 0 Å². The maximum atomic E-state index is 11.5. The van der Waals surface area contributed by atoms with Gasteiger partial charge in [0.05, 0.1) is 10.6 Å². The second-order valence-electron chi connectivity index (χ2n) is 2.59. The molecule has 1 rings (SSSR count). The Morgan fingerprint density at radius 2 is 2.29 bits per heavy atom. The highest BCUT2D eigenvalue weighted by molar-refractivity contribution is 7.91. The predicted molar refractivity (Wildman–Crippen MR) is 50.0 cm³/mol. The third-order valence-electron chi connectivity index (χ3n) is 1.59. The SMILES string of the molecule is C=CCS(=O)(=O)c1cc[nH]c1C(=O)O. The van der Waals surface area contributed by atoms with Gasteiger partial charge in [0, 0.05) is 6.20 Å². The first kappa shape index (κ1) is 10.5. The summed E-state index contributed by atoms with van der Waals surface area (Å²) in [6.45, 7) is 3.29. The highest BCUT2D eigenvalue weighted by atomic mass is 32.2. The smallest absolute Gasteiger partial charge is 0.353 e. The Morgan fingerprint density at radius 1 is 1.64 bits per heavy atom. The van der Waals surface area contributed by atoms with Gasteiger partial charge in [-0.3, -0.25) is 0 Å². The highest BCUT2D eigenvalue weighted by Gasteiger charge is 2.21. The van der Waals surface area contributed by atoms with Crippen molar-refractivity contribution >= 4 is 15.8 Å². The number of nitrogens with one attached hydrogen (secondary N) is 1. The van der Waals surface area contributed by atoms with Crippen molar-refractivity contribution in [1.82, 2.24) is 4.98 Å². The molecule has 1 heterocycles. The van der Waals surface area contributed by atoms with Gasteiger partial charge in [-0.25, -0.2) is 13.2 Å². The van der Waals surface area contributed by atoms with E-state index in [4.69, 9.17) is 5.11 Å². The molecule has 0 unspecified atom stereocenters. The van der Waals surface area contributed by atoms with Crippen molar-refractivity contribution in [3.63, 3.8) is 0 Å². The van der Waals surface area contributed by atoms with E-state index >= 15 is 0 Å². The summed E-state index contributed by atoms with van der Waals surface area (Å²) < 4.78 is 22.9. The fourth-order valence-electron chi connectivity index (χ4n) is 1.03. The normalized spacial score (nSPS) is 11.1. The molecule has 0 spiro atoms. The van der Waals surface area contributed by atoms with Crippen LogP contribution in [0.25, 0.3) is 0 Å². The first-order valence-electron chi connectivity index (χ1n) is 3.73. The van der Waals surface area contributed by atoms with Crippen LogP contribution in [0.2, 0.25) is 0 Å². The van der Waals surface area contributed by atoms with Crippen molar-refractivity contribution in [3.8, 4) is 0 Å². The van der Waals surface area contributed by atoms with Gasteiger partial charge in [0.1, 0.15) is 5.69 Å². The third-order valence-corrected chi connectivity index (χ3v) is 3.28. The molecule has 76 valence electrons. The predicted octanol–water partition coefficient (Wildman–Crippen LogP) is 0.673. The Labute approximate surface area is 81.0 Å². The fraction of sp³-hybridized carbons (Fsp3) is 0.125. The number of sulfone groups is 1. The maximum absolute atomic E-state index is 11.5. The van der Waals surface area contributed by atoms with Gasteiger partial charge in [0.2, 0.25) is 0 Å². The molecule has 0 bridgehead atoms. The summed E-state index contributed by atoms with van der Waals surface area (Å²) in [7, 11) is -3.57. The van der Waals surface area contributed by atoms with Crippen molar-refractivity contribution < 1.29 is 18.3 Å². The van der Waals surface area contributed by atoms with Crippen LogP contribution in [-0.4, -0.2) is 30.2 Å². The van der Waals surface area contributed by atoms with E-state index in [1.54, 1.807) is 0 Å². The molecule has 0 amide bonds. The number of H-pyrrole nitrogens is 1. The average molecular weight is 215 g/mol. The lowest BCUT2D eigenvalue weighted by Crippen LogP contribution is -2.09. The van der Waals surface area contributed by atoms with Crippen molar-refractivity contribution in [3.05, 3.63) is 30.6 Å². The Bertz CT molecular complexity index is 457. The summed E-state index contributed by atoms with van der Waals surface area (Å²) in [6, 6.07) is 1.22. The molecule has 0 aliphatic rings. The van der Waals surface area contributed by atoms with E-state index < -0.39 is 15.8 Å². The van der Waals surface area contributed by atoms with Crippen molar-refractivity contribution in [2.24, 2.45) is 0 Å². The van der Waals surface area contributed by atoms with Crippen molar-refractivity contribution in [1.29, 1.82) is 0 Å². The number of hydrogen-bond acceptors (Lipinski definition) is 3. The zero-order valence-corrected chi connectivity index (χ0v) is 8.04. The molecule has 0 fully saturated rings. The van der Waals surface area contributed by atoms with E-state index in [2.05, 4.69) is 11.6 Å². The molecule has 1 aromatic rings. The fourth-order valence-corrected chi connectivity index (χ4v) is 2.25. The number of carboxylic acids is 1.